The van der Waals surface area contributed by atoms with Crippen LogP contribution < -0.4 is 5.73 Å². The van der Waals surface area contributed by atoms with E-state index in [9.17, 15) is 5.11 Å². The maximum absolute atomic E-state index is 9.39. The Balaban J connectivity index is 2.77. The van der Waals surface area contributed by atoms with Gasteiger partial charge in [0.2, 0.25) is 0 Å². The van der Waals surface area contributed by atoms with Crippen LogP contribution in [0.5, 0.6) is 0 Å². The van der Waals surface area contributed by atoms with Crippen molar-refractivity contribution >= 4 is 0 Å². The summed E-state index contributed by atoms with van der Waals surface area (Å²) < 4.78 is 0. The van der Waals surface area contributed by atoms with Gasteiger partial charge >= 0.3 is 0 Å². The van der Waals surface area contributed by atoms with Gasteiger partial charge in [-0.2, -0.15) is 0 Å². The van der Waals surface area contributed by atoms with E-state index < -0.39 is 0 Å². The van der Waals surface area contributed by atoms with Gasteiger partial charge in [-0.1, -0.05) is 51.5 Å². The molecule has 2 heteroatoms. The summed E-state index contributed by atoms with van der Waals surface area (Å²) in [5.41, 5.74) is 8.69. The Hall–Kier alpha value is -0.860. The summed E-state index contributed by atoms with van der Waals surface area (Å²) in [5.74, 6) is 0.525. The third kappa shape index (κ3) is 3.83. The molecule has 2 nitrogen and oxygen atoms in total. The standard InChI is InChI=1S/C15H25NO/c1-4-5-12-6-8-13(9-7-12)15(16)14(10-17)11(2)3/h6-9,11,14-15,17H,4-5,10,16H2,1-3H3. The zero-order valence-corrected chi connectivity index (χ0v) is 11.2. The Morgan fingerprint density at radius 3 is 2.18 bits per heavy atom. The average Bonchev–Trinajstić information content (AvgIpc) is 2.30. The normalized spacial score (nSPS) is 14.9. The van der Waals surface area contributed by atoms with E-state index in [-0.39, 0.29) is 18.6 Å². The van der Waals surface area contributed by atoms with Gasteiger partial charge in [0.1, 0.15) is 0 Å². The first kappa shape index (κ1) is 14.2. The molecule has 0 aliphatic heterocycles. The van der Waals surface area contributed by atoms with Crippen molar-refractivity contribution in [1.29, 1.82) is 0 Å². The molecule has 0 bridgehead atoms. The van der Waals surface area contributed by atoms with Crippen LogP contribution in [0.25, 0.3) is 0 Å². The van der Waals surface area contributed by atoms with Gasteiger partial charge in [0.05, 0.1) is 0 Å². The molecule has 0 heterocycles. The average molecular weight is 235 g/mol. The number of aliphatic hydroxyl groups excluding tert-OH is 1. The molecule has 0 radical (unpaired) electrons. The fraction of sp³-hybridized carbons (Fsp3) is 0.600. The monoisotopic (exact) mass is 235 g/mol. The lowest BCUT2D eigenvalue weighted by atomic mass is 9.85. The minimum Gasteiger partial charge on any atom is -0.396 e. The highest BCUT2D eigenvalue weighted by Gasteiger charge is 2.21. The van der Waals surface area contributed by atoms with Crippen molar-refractivity contribution in [1.82, 2.24) is 0 Å². The Labute approximate surface area is 105 Å². The lowest BCUT2D eigenvalue weighted by Gasteiger charge is -2.25. The smallest absolute Gasteiger partial charge is 0.0479 e. The number of benzene rings is 1. The van der Waals surface area contributed by atoms with Gasteiger partial charge in [-0.05, 0) is 23.5 Å². The van der Waals surface area contributed by atoms with Crippen LogP contribution in [-0.4, -0.2) is 11.7 Å². The second-order valence-corrected chi connectivity index (χ2v) is 5.11. The van der Waals surface area contributed by atoms with Crippen LogP contribution >= 0.6 is 0 Å². The second-order valence-electron chi connectivity index (χ2n) is 5.11. The van der Waals surface area contributed by atoms with E-state index in [0.29, 0.717) is 5.92 Å². The molecule has 1 rings (SSSR count). The van der Waals surface area contributed by atoms with Crippen molar-refractivity contribution in [3.63, 3.8) is 0 Å². The van der Waals surface area contributed by atoms with Crippen LogP contribution in [0.1, 0.15) is 44.4 Å². The van der Waals surface area contributed by atoms with E-state index in [1.165, 1.54) is 5.56 Å². The second kappa shape index (κ2) is 6.77. The molecule has 0 aliphatic carbocycles. The number of hydrogen-bond donors (Lipinski definition) is 2. The summed E-state index contributed by atoms with van der Waals surface area (Å²) in [6, 6.07) is 8.41. The van der Waals surface area contributed by atoms with E-state index in [0.717, 1.165) is 18.4 Å². The molecular weight excluding hydrogens is 210 g/mol. The van der Waals surface area contributed by atoms with E-state index >= 15 is 0 Å². The molecule has 0 spiro atoms. The lowest BCUT2D eigenvalue weighted by molar-refractivity contribution is 0.166. The topological polar surface area (TPSA) is 46.2 Å². The molecule has 0 amide bonds. The van der Waals surface area contributed by atoms with E-state index in [4.69, 9.17) is 5.73 Å². The number of aliphatic hydroxyl groups is 1. The summed E-state index contributed by atoms with van der Waals surface area (Å²) in [6.07, 6.45) is 2.28. The van der Waals surface area contributed by atoms with E-state index in [1.807, 2.05) is 0 Å². The van der Waals surface area contributed by atoms with Crippen molar-refractivity contribution in [3.8, 4) is 0 Å². The van der Waals surface area contributed by atoms with Crippen molar-refractivity contribution in [3.05, 3.63) is 35.4 Å². The highest BCUT2D eigenvalue weighted by molar-refractivity contribution is 5.25. The number of rotatable bonds is 6. The Bertz CT molecular complexity index is 318. The van der Waals surface area contributed by atoms with Crippen molar-refractivity contribution < 1.29 is 5.11 Å². The molecule has 17 heavy (non-hydrogen) atoms. The molecule has 1 aromatic carbocycles. The zero-order chi connectivity index (χ0) is 12.8. The first-order valence-electron chi connectivity index (χ1n) is 6.55. The molecule has 96 valence electrons. The summed E-state index contributed by atoms with van der Waals surface area (Å²) in [7, 11) is 0. The van der Waals surface area contributed by atoms with Crippen LogP contribution in [0.4, 0.5) is 0 Å². The summed E-state index contributed by atoms with van der Waals surface area (Å²) in [4.78, 5) is 0. The molecule has 0 saturated carbocycles. The maximum atomic E-state index is 9.39. The molecule has 0 aromatic heterocycles. The minimum absolute atomic E-state index is 0.0734. The summed E-state index contributed by atoms with van der Waals surface area (Å²) in [6.45, 7) is 6.54. The highest BCUT2D eigenvalue weighted by Crippen LogP contribution is 2.25. The maximum Gasteiger partial charge on any atom is 0.0479 e. The fourth-order valence-corrected chi connectivity index (χ4v) is 2.18. The van der Waals surface area contributed by atoms with Crippen LogP contribution in [0.2, 0.25) is 0 Å². The molecule has 0 aliphatic rings. The van der Waals surface area contributed by atoms with Gasteiger partial charge in [-0.25, -0.2) is 0 Å². The Kier molecular flexibility index (Phi) is 5.66. The quantitative estimate of drug-likeness (QED) is 0.796. The van der Waals surface area contributed by atoms with Crippen LogP contribution in [0.15, 0.2) is 24.3 Å². The van der Waals surface area contributed by atoms with E-state index in [2.05, 4.69) is 45.0 Å². The predicted molar refractivity (Wildman–Crippen MR) is 72.8 cm³/mol. The molecule has 2 atom stereocenters. The van der Waals surface area contributed by atoms with Crippen LogP contribution in [-0.2, 0) is 6.42 Å². The van der Waals surface area contributed by atoms with Gasteiger partial charge in [-0.15, -0.1) is 0 Å². The van der Waals surface area contributed by atoms with Gasteiger partial charge in [0.25, 0.3) is 0 Å². The Morgan fingerprint density at radius 1 is 1.18 bits per heavy atom. The third-order valence-electron chi connectivity index (χ3n) is 3.43. The molecule has 0 fully saturated rings. The van der Waals surface area contributed by atoms with Crippen LogP contribution in [0.3, 0.4) is 0 Å². The summed E-state index contributed by atoms with van der Waals surface area (Å²) in [5, 5.41) is 9.39. The van der Waals surface area contributed by atoms with Gasteiger partial charge in [0, 0.05) is 18.6 Å². The van der Waals surface area contributed by atoms with E-state index in [1.54, 1.807) is 0 Å². The fourth-order valence-electron chi connectivity index (χ4n) is 2.18. The summed E-state index contributed by atoms with van der Waals surface area (Å²) >= 11 is 0. The van der Waals surface area contributed by atoms with Crippen LogP contribution in [0, 0.1) is 11.8 Å². The highest BCUT2D eigenvalue weighted by atomic mass is 16.3. The largest absolute Gasteiger partial charge is 0.396 e. The molecule has 2 unspecified atom stereocenters. The molecule has 0 saturated heterocycles. The van der Waals surface area contributed by atoms with Crippen molar-refractivity contribution in [2.75, 3.05) is 6.61 Å². The number of nitrogens with two attached hydrogens (primary N) is 1. The number of hydrogen-bond acceptors (Lipinski definition) is 2. The van der Waals surface area contributed by atoms with Gasteiger partial charge in [0.15, 0.2) is 0 Å². The first-order valence-corrected chi connectivity index (χ1v) is 6.55. The van der Waals surface area contributed by atoms with Gasteiger partial charge in [-0.3, -0.25) is 0 Å². The Morgan fingerprint density at radius 2 is 1.76 bits per heavy atom. The zero-order valence-electron chi connectivity index (χ0n) is 11.2. The molecule has 3 N–H and O–H groups in total. The number of aryl methyl sites for hydroxylation is 1. The third-order valence-corrected chi connectivity index (χ3v) is 3.43. The SMILES string of the molecule is CCCc1ccc(C(N)C(CO)C(C)C)cc1. The minimum atomic E-state index is -0.0734. The molecular formula is C15H25NO. The van der Waals surface area contributed by atoms with Crippen molar-refractivity contribution in [2.45, 2.75) is 39.7 Å². The molecule has 1 aromatic rings. The van der Waals surface area contributed by atoms with Crippen molar-refractivity contribution in [2.24, 2.45) is 17.6 Å². The van der Waals surface area contributed by atoms with Gasteiger partial charge < -0.3 is 10.8 Å². The lowest BCUT2D eigenvalue weighted by Crippen LogP contribution is -2.28. The first-order chi connectivity index (χ1) is 8.10. The predicted octanol–water partition coefficient (Wildman–Crippen LogP) is 2.90.